The summed E-state index contributed by atoms with van der Waals surface area (Å²) in [7, 11) is 0. The molecule has 4 nitrogen and oxygen atoms in total. The molecule has 98 valence electrons. The van der Waals surface area contributed by atoms with Gasteiger partial charge in [0.15, 0.2) is 0 Å². The Kier molecular flexibility index (Phi) is 3.55. The summed E-state index contributed by atoms with van der Waals surface area (Å²) in [5, 5.41) is 8.95. The summed E-state index contributed by atoms with van der Waals surface area (Å²) in [4.78, 5) is 22.7. The van der Waals surface area contributed by atoms with Crippen LogP contribution in [-0.4, -0.2) is 15.6 Å². The zero-order valence-electron chi connectivity index (χ0n) is 10.7. The van der Waals surface area contributed by atoms with E-state index in [1.54, 1.807) is 4.57 Å². The van der Waals surface area contributed by atoms with Gasteiger partial charge in [-0.05, 0) is 24.3 Å². The second-order valence-electron chi connectivity index (χ2n) is 5.56. The Morgan fingerprint density at radius 3 is 2.61 bits per heavy atom. The van der Waals surface area contributed by atoms with Gasteiger partial charge in [0.1, 0.15) is 0 Å². The molecule has 0 radical (unpaired) electrons. The Hall–Kier alpha value is -1.58. The number of carboxylic acids is 1. The van der Waals surface area contributed by atoms with Gasteiger partial charge in [0.2, 0.25) is 0 Å². The maximum absolute atomic E-state index is 11.8. The normalized spacial score (nSPS) is 18.5. The molecule has 18 heavy (non-hydrogen) atoms. The van der Waals surface area contributed by atoms with Crippen molar-refractivity contribution >= 4 is 5.97 Å². The van der Waals surface area contributed by atoms with Gasteiger partial charge in [0.05, 0.1) is 5.56 Å². The van der Waals surface area contributed by atoms with Gasteiger partial charge in [0, 0.05) is 18.8 Å². The van der Waals surface area contributed by atoms with Crippen LogP contribution in [0.5, 0.6) is 0 Å². The van der Waals surface area contributed by atoms with E-state index >= 15 is 0 Å². The van der Waals surface area contributed by atoms with Crippen LogP contribution in [0.3, 0.4) is 0 Å². The molecule has 0 aliphatic heterocycles. The van der Waals surface area contributed by atoms with Crippen molar-refractivity contribution in [3.63, 3.8) is 0 Å². The standard InChI is InChI=1S/C14H19NO3/c1-14(7-3-2-4-8-14)10-15-9-11(13(17)18)5-6-12(15)16/h5-6,9H,2-4,7-8,10H2,1H3,(H,17,18). The molecule has 1 N–H and O–H groups in total. The van der Waals surface area contributed by atoms with E-state index in [-0.39, 0.29) is 16.5 Å². The molecule has 2 rings (SSSR count). The van der Waals surface area contributed by atoms with Gasteiger partial charge in [-0.3, -0.25) is 4.79 Å². The van der Waals surface area contributed by atoms with E-state index < -0.39 is 5.97 Å². The SMILES string of the molecule is CC1(Cn2cc(C(=O)O)ccc2=O)CCCCC1. The third-order valence-electron chi connectivity index (χ3n) is 3.84. The molecule has 0 spiro atoms. The number of aromatic nitrogens is 1. The smallest absolute Gasteiger partial charge is 0.337 e. The molecule has 1 aliphatic carbocycles. The lowest BCUT2D eigenvalue weighted by Gasteiger charge is -2.34. The summed E-state index contributed by atoms with van der Waals surface area (Å²) in [5.41, 5.74) is 0.181. The predicted octanol–water partition coefficient (Wildman–Crippen LogP) is 2.52. The molecule has 0 unspecified atom stereocenters. The molecule has 1 heterocycles. The number of hydrogen-bond acceptors (Lipinski definition) is 2. The van der Waals surface area contributed by atoms with Gasteiger partial charge in [-0.2, -0.15) is 0 Å². The van der Waals surface area contributed by atoms with Crippen molar-refractivity contribution in [2.24, 2.45) is 5.41 Å². The lowest BCUT2D eigenvalue weighted by atomic mass is 9.75. The van der Waals surface area contributed by atoms with Crippen molar-refractivity contribution in [1.82, 2.24) is 4.57 Å². The molecule has 0 saturated heterocycles. The van der Waals surface area contributed by atoms with Crippen LogP contribution in [0.1, 0.15) is 49.4 Å². The summed E-state index contributed by atoms with van der Waals surface area (Å²) in [5.74, 6) is -0.988. The van der Waals surface area contributed by atoms with Gasteiger partial charge < -0.3 is 9.67 Å². The Morgan fingerprint density at radius 2 is 2.00 bits per heavy atom. The summed E-state index contributed by atoms with van der Waals surface area (Å²) in [6.45, 7) is 2.80. The van der Waals surface area contributed by atoms with E-state index in [0.29, 0.717) is 6.54 Å². The fourth-order valence-corrected chi connectivity index (χ4v) is 2.76. The molecule has 1 saturated carbocycles. The van der Waals surface area contributed by atoms with Crippen LogP contribution in [0.15, 0.2) is 23.1 Å². The average Bonchev–Trinajstić information content (AvgIpc) is 2.32. The van der Waals surface area contributed by atoms with Crippen LogP contribution in [-0.2, 0) is 6.54 Å². The molecule has 1 fully saturated rings. The maximum Gasteiger partial charge on any atom is 0.337 e. The van der Waals surface area contributed by atoms with Crippen LogP contribution in [0.25, 0.3) is 0 Å². The van der Waals surface area contributed by atoms with Crippen LogP contribution < -0.4 is 5.56 Å². The van der Waals surface area contributed by atoms with Crippen molar-refractivity contribution in [2.75, 3.05) is 0 Å². The van der Waals surface area contributed by atoms with Gasteiger partial charge >= 0.3 is 5.97 Å². The highest BCUT2D eigenvalue weighted by atomic mass is 16.4. The fourth-order valence-electron chi connectivity index (χ4n) is 2.76. The van der Waals surface area contributed by atoms with Crippen molar-refractivity contribution in [3.8, 4) is 0 Å². The first-order chi connectivity index (χ1) is 8.50. The third kappa shape index (κ3) is 2.81. The second-order valence-corrected chi connectivity index (χ2v) is 5.56. The highest BCUT2D eigenvalue weighted by Crippen LogP contribution is 2.36. The second kappa shape index (κ2) is 4.96. The van der Waals surface area contributed by atoms with E-state index in [1.807, 2.05) is 0 Å². The lowest BCUT2D eigenvalue weighted by Crippen LogP contribution is -2.31. The average molecular weight is 249 g/mol. The number of aromatic carboxylic acids is 1. The quantitative estimate of drug-likeness (QED) is 0.895. The topological polar surface area (TPSA) is 59.3 Å². The number of carboxylic acid groups (broad SMARTS) is 1. The Morgan fingerprint density at radius 1 is 1.33 bits per heavy atom. The highest BCUT2D eigenvalue weighted by molar-refractivity contribution is 5.87. The summed E-state index contributed by atoms with van der Waals surface area (Å²) in [6, 6.07) is 2.71. The minimum Gasteiger partial charge on any atom is -0.478 e. The zero-order chi connectivity index (χ0) is 13.2. The molecule has 0 amide bonds. The molecule has 0 bridgehead atoms. The summed E-state index contributed by atoms with van der Waals surface area (Å²) >= 11 is 0. The molecule has 0 aromatic carbocycles. The number of nitrogens with zero attached hydrogens (tertiary/aromatic N) is 1. The van der Waals surface area contributed by atoms with Crippen LogP contribution in [0.2, 0.25) is 0 Å². The highest BCUT2D eigenvalue weighted by Gasteiger charge is 2.27. The third-order valence-corrected chi connectivity index (χ3v) is 3.84. The minimum absolute atomic E-state index is 0.119. The van der Waals surface area contributed by atoms with Gasteiger partial charge in [0.25, 0.3) is 5.56 Å². The van der Waals surface area contributed by atoms with Crippen LogP contribution in [0, 0.1) is 5.41 Å². The van der Waals surface area contributed by atoms with Crippen LogP contribution >= 0.6 is 0 Å². The minimum atomic E-state index is -0.988. The fraction of sp³-hybridized carbons (Fsp3) is 0.571. The molecule has 4 heteroatoms. The monoisotopic (exact) mass is 249 g/mol. The number of hydrogen-bond donors (Lipinski definition) is 1. The van der Waals surface area contributed by atoms with Crippen LogP contribution in [0.4, 0.5) is 0 Å². The Balaban J connectivity index is 2.25. The molecule has 1 aromatic rings. The number of carbonyl (C=O) groups is 1. The molecule has 1 aromatic heterocycles. The van der Waals surface area contributed by atoms with Gasteiger partial charge in [-0.25, -0.2) is 4.79 Å². The summed E-state index contributed by atoms with van der Waals surface area (Å²) in [6.07, 6.45) is 7.34. The number of pyridine rings is 1. The van der Waals surface area contributed by atoms with Gasteiger partial charge in [-0.15, -0.1) is 0 Å². The Labute approximate surface area is 106 Å². The maximum atomic E-state index is 11.8. The zero-order valence-corrected chi connectivity index (χ0v) is 10.7. The van der Waals surface area contributed by atoms with E-state index in [9.17, 15) is 9.59 Å². The Bertz CT molecular complexity index is 498. The predicted molar refractivity (Wildman–Crippen MR) is 68.9 cm³/mol. The van der Waals surface area contributed by atoms with E-state index in [2.05, 4.69) is 6.92 Å². The van der Waals surface area contributed by atoms with Crippen molar-refractivity contribution in [3.05, 3.63) is 34.2 Å². The first kappa shape index (κ1) is 12.9. The molecule has 0 atom stereocenters. The van der Waals surface area contributed by atoms with E-state index in [1.165, 1.54) is 37.6 Å². The van der Waals surface area contributed by atoms with Crippen molar-refractivity contribution in [2.45, 2.75) is 45.6 Å². The summed E-state index contributed by atoms with van der Waals surface area (Å²) < 4.78 is 1.55. The first-order valence-corrected chi connectivity index (χ1v) is 6.44. The van der Waals surface area contributed by atoms with E-state index in [0.717, 1.165) is 12.8 Å². The largest absolute Gasteiger partial charge is 0.478 e. The molecular formula is C14H19NO3. The van der Waals surface area contributed by atoms with Gasteiger partial charge in [-0.1, -0.05) is 26.2 Å². The van der Waals surface area contributed by atoms with Crippen molar-refractivity contribution in [1.29, 1.82) is 0 Å². The lowest BCUT2D eigenvalue weighted by molar-refractivity contribution is 0.0695. The van der Waals surface area contributed by atoms with Crippen molar-refractivity contribution < 1.29 is 9.90 Å². The first-order valence-electron chi connectivity index (χ1n) is 6.44. The number of rotatable bonds is 3. The molecule has 1 aliphatic rings. The molecular weight excluding hydrogens is 230 g/mol. The van der Waals surface area contributed by atoms with E-state index in [4.69, 9.17) is 5.11 Å².